The fourth-order valence-electron chi connectivity index (χ4n) is 1.70. The molecule has 0 saturated heterocycles. The summed E-state index contributed by atoms with van der Waals surface area (Å²) in [4.78, 5) is 0. The third-order valence-corrected chi connectivity index (χ3v) is 10.4. The van der Waals surface area contributed by atoms with Crippen molar-refractivity contribution in [2.24, 2.45) is 0 Å². The Morgan fingerprint density at radius 3 is 1.71 bits per heavy atom. The molecule has 3 heteroatoms. The molecule has 0 aliphatic rings. The minimum atomic E-state index is -0.252. The number of rotatable bonds is 7. The smallest absolute Gasteiger partial charge is 0.133 e. The molecule has 1 atom stereocenters. The van der Waals surface area contributed by atoms with E-state index in [1.165, 1.54) is 25.9 Å². The van der Waals surface area contributed by atoms with Crippen LogP contribution in [0.25, 0.3) is 0 Å². The highest BCUT2D eigenvalue weighted by Crippen LogP contribution is 2.17. The van der Waals surface area contributed by atoms with Gasteiger partial charge in [-0.1, -0.05) is 40.4 Å². The molecule has 0 aliphatic heterocycles. The third-order valence-electron chi connectivity index (χ3n) is 2.98. The Kier molecular flexibility index (Phi) is 7.87. The number of hydrogen-bond donors (Lipinski definition) is 0. The Bertz CT molecular complexity index is 133. The molecule has 0 aliphatic carbocycles. The van der Waals surface area contributed by atoms with Crippen molar-refractivity contribution in [3.63, 3.8) is 0 Å². The average molecular weight is 230 g/mol. The van der Waals surface area contributed by atoms with E-state index < -0.39 is 0 Å². The SMILES string of the molecule is CCCN(CCC)[Si](C)C(C)[Si](C)C. The molecular weight excluding hydrogens is 202 g/mol. The number of nitrogens with zero attached hydrogens (tertiary/aromatic N) is 1. The zero-order valence-corrected chi connectivity index (χ0v) is 12.9. The average Bonchev–Trinajstić information content (AvgIpc) is 2.15. The van der Waals surface area contributed by atoms with Gasteiger partial charge in [-0.3, -0.25) is 0 Å². The summed E-state index contributed by atoms with van der Waals surface area (Å²) in [6.07, 6.45) is 2.62. The second-order valence-electron chi connectivity index (χ2n) is 4.43. The Morgan fingerprint density at radius 1 is 1.00 bits per heavy atom. The number of hydrogen-bond acceptors (Lipinski definition) is 1. The van der Waals surface area contributed by atoms with Gasteiger partial charge in [0.25, 0.3) is 0 Å². The molecule has 0 saturated carbocycles. The van der Waals surface area contributed by atoms with Crippen LogP contribution in [0.2, 0.25) is 24.8 Å². The minimum absolute atomic E-state index is 0.0882. The van der Waals surface area contributed by atoms with Crippen LogP contribution in [0.1, 0.15) is 33.6 Å². The largest absolute Gasteiger partial charge is 0.324 e. The van der Waals surface area contributed by atoms with E-state index in [0.717, 1.165) is 5.16 Å². The quantitative estimate of drug-likeness (QED) is 0.605. The lowest BCUT2D eigenvalue weighted by Gasteiger charge is -2.32. The summed E-state index contributed by atoms with van der Waals surface area (Å²) < 4.78 is 2.77. The van der Waals surface area contributed by atoms with Crippen LogP contribution in [-0.2, 0) is 0 Å². The molecule has 0 N–H and O–H groups in total. The third kappa shape index (κ3) is 4.76. The van der Waals surface area contributed by atoms with Gasteiger partial charge >= 0.3 is 0 Å². The molecule has 1 unspecified atom stereocenters. The van der Waals surface area contributed by atoms with E-state index in [9.17, 15) is 0 Å². The molecule has 0 aromatic heterocycles. The Labute approximate surface area is 94.2 Å². The van der Waals surface area contributed by atoms with Crippen molar-refractivity contribution in [2.75, 3.05) is 13.1 Å². The molecule has 0 fully saturated rings. The Hall–Kier alpha value is 0.394. The molecule has 14 heavy (non-hydrogen) atoms. The van der Waals surface area contributed by atoms with Gasteiger partial charge in [0.05, 0.1) is 0 Å². The first-order valence-electron chi connectivity index (χ1n) is 5.92. The molecule has 0 aromatic rings. The fraction of sp³-hybridized carbons (Fsp3) is 1.00. The molecule has 0 aromatic carbocycles. The van der Waals surface area contributed by atoms with Gasteiger partial charge in [-0.2, -0.15) is 0 Å². The molecule has 0 heterocycles. The van der Waals surface area contributed by atoms with Crippen molar-refractivity contribution in [3.8, 4) is 0 Å². The summed E-state index contributed by atoms with van der Waals surface area (Å²) >= 11 is 0. The zero-order valence-electron chi connectivity index (χ0n) is 10.9. The molecule has 84 valence electrons. The van der Waals surface area contributed by atoms with Gasteiger partial charge in [0.1, 0.15) is 8.96 Å². The lowest BCUT2D eigenvalue weighted by Crippen LogP contribution is -2.43. The first kappa shape index (κ1) is 14.4. The lowest BCUT2D eigenvalue weighted by atomic mass is 10.4. The van der Waals surface area contributed by atoms with E-state index in [2.05, 4.69) is 45.0 Å². The van der Waals surface area contributed by atoms with E-state index in [1.54, 1.807) is 0 Å². The van der Waals surface area contributed by atoms with Gasteiger partial charge in [-0.15, -0.1) is 0 Å². The normalized spacial score (nSPS) is 14.4. The highest BCUT2D eigenvalue weighted by molar-refractivity contribution is 6.76. The first-order chi connectivity index (χ1) is 6.54. The van der Waals surface area contributed by atoms with Crippen molar-refractivity contribution >= 4 is 17.8 Å². The van der Waals surface area contributed by atoms with Gasteiger partial charge in [0.15, 0.2) is 0 Å². The highest BCUT2D eigenvalue weighted by Gasteiger charge is 2.24. The Balaban J connectivity index is 4.18. The monoisotopic (exact) mass is 229 g/mol. The second-order valence-corrected chi connectivity index (χ2v) is 10.8. The predicted molar refractivity (Wildman–Crippen MR) is 70.7 cm³/mol. The van der Waals surface area contributed by atoms with Crippen LogP contribution in [0.3, 0.4) is 0 Å². The van der Waals surface area contributed by atoms with Crippen molar-refractivity contribution in [2.45, 2.75) is 58.4 Å². The maximum atomic E-state index is 2.77. The van der Waals surface area contributed by atoms with Crippen LogP contribution in [0.4, 0.5) is 0 Å². The van der Waals surface area contributed by atoms with Crippen LogP contribution in [0.15, 0.2) is 0 Å². The molecule has 2 radical (unpaired) electrons. The van der Waals surface area contributed by atoms with Gasteiger partial charge in [-0.25, -0.2) is 0 Å². The summed E-state index contributed by atoms with van der Waals surface area (Å²) in [6, 6.07) is 0. The summed E-state index contributed by atoms with van der Waals surface area (Å²) in [5, 5.41) is 1.00. The van der Waals surface area contributed by atoms with E-state index in [4.69, 9.17) is 0 Å². The Morgan fingerprint density at radius 2 is 1.43 bits per heavy atom. The van der Waals surface area contributed by atoms with Crippen molar-refractivity contribution < 1.29 is 0 Å². The van der Waals surface area contributed by atoms with Gasteiger partial charge < -0.3 is 4.57 Å². The maximum absolute atomic E-state index is 2.77. The van der Waals surface area contributed by atoms with E-state index in [1.807, 2.05) is 0 Å². The van der Waals surface area contributed by atoms with Crippen molar-refractivity contribution in [1.82, 2.24) is 4.57 Å². The first-order valence-corrected chi connectivity index (χ1v) is 10.5. The van der Waals surface area contributed by atoms with Gasteiger partial charge in [-0.05, 0) is 31.1 Å². The van der Waals surface area contributed by atoms with Crippen LogP contribution < -0.4 is 0 Å². The van der Waals surface area contributed by atoms with Gasteiger partial charge in [0, 0.05) is 8.80 Å². The van der Waals surface area contributed by atoms with E-state index >= 15 is 0 Å². The van der Waals surface area contributed by atoms with Crippen LogP contribution >= 0.6 is 0 Å². The van der Waals surface area contributed by atoms with Crippen LogP contribution in [-0.4, -0.2) is 35.4 Å². The lowest BCUT2D eigenvalue weighted by molar-refractivity contribution is 0.428. The summed E-state index contributed by atoms with van der Waals surface area (Å²) in [5.74, 6) is 0. The molecule has 0 bridgehead atoms. The van der Waals surface area contributed by atoms with Crippen LogP contribution in [0.5, 0.6) is 0 Å². The summed E-state index contributed by atoms with van der Waals surface area (Å²) in [6.45, 7) is 17.1. The highest BCUT2D eigenvalue weighted by atomic mass is 28.3. The summed E-state index contributed by atoms with van der Waals surface area (Å²) in [5.41, 5.74) is 0. The topological polar surface area (TPSA) is 3.24 Å². The van der Waals surface area contributed by atoms with E-state index in [0.29, 0.717) is 0 Å². The molecule has 0 spiro atoms. The predicted octanol–water partition coefficient (Wildman–Crippen LogP) is 3.41. The minimum Gasteiger partial charge on any atom is -0.324 e. The molecular formula is C11H27NSi2. The van der Waals surface area contributed by atoms with Crippen LogP contribution in [0, 0.1) is 0 Å². The molecule has 0 amide bonds. The van der Waals surface area contributed by atoms with Crippen molar-refractivity contribution in [3.05, 3.63) is 0 Å². The summed E-state index contributed by atoms with van der Waals surface area (Å²) in [7, 11) is -0.340. The van der Waals surface area contributed by atoms with Gasteiger partial charge in [0.2, 0.25) is 0 Å². The fourth-order valence-corrected chi connectivity index (χ4v) is 7.29. The molecule has 1 nitrogen and oxygen atoms in total. The zero-order chi connectivity index (χ0) is 11.1. The van der Waals surface area contributed by atoms with Crippen molar-refractivity contribution in [1.29, 1.82) is 0 Å². The molecule has 0 rings (SSSR count). The van der Waals surface area contributed by atoms with E-state index in [-0.39, 0.29) is 17.8 Å². The standard InChI is InChI=1S/C11H27NSi2/c1-7-9-12(10-8-2)14(6)11(3)13(4)5/h11H,7-10H2,1-6H3. The maximum Gasteiger partial charge on any atom is 0.133 e. The second kappa shape index (κ2) is 7.66.